The van der Waals surface area contributed by atoms with Gasteiger partial charge in [0, 0.05) is 26.1 Å². The lowest BCUT2D eigenvalue weighted by molar-refractivity contribution is -0.128. The van der Waals surface area contributed by atoms with Crippen molar-refractivity contribution in [3.05, 3.63) is 28.2 Å². The van der Waals surface area contributed by atoms with Gasteiger partial charge in [-0.2, -0.15) is 0 Å². The van der Waals surface area contributed by atoms with E-state index in [4.69, 9.17) is 4.74 Å². The quantitative estimate of drug-likeness (QED) is 0.599. The molecule has 18 heavy (non-hydrogen) atoms. The maximum atomic E-state index is 11.3. The van der Waals surface area contributed by atoms with Crippen molar-refractivity contribution in [3.8, 4) is 5.75 Å². The number of nitrogens with zero attached hydrogens (tertiary/aromatic N) is 1. The van der Waals surface area contributed by atoms with Crippen LogP contribution in [0.1, 0.15) is 23.2 Å². The third-order valence-electron chi connectivity index (χ3n) is 2.38. The number of carbonyl (C=O) groups is 2. The molecule has 0 N–H and O–H groups in total. The van der Waals surface area contributed by atoms with Crippen LogP contribution in [-0.4, -0.2) is 37.8 Å². The highest BCUT2D eigenvalue weighted by Gasteiger charge is 2.05. The average molecular weight is 314 g/mol. The molecule has 0 atom stereocenters. The van der Waals surface area contributed by atoms with Gasteiger partial charge < -0.3 is 9.64 Å². The SMILES string of the molecule is CN(C)C(=O)CCCOc1ccc(C=O)cc1Br. The third kappa shape index (κ3) is 4.49. The van der Waals surface area contributed by atoms with Crippen LogP contribution in [0.15, 0.2) is 22.7 Å². The van der Waals surface area contributed by atoms with Gasteiger partial charge in [0.1, 0.15) is 12.0 Å². The summed E-state index contributed by atoms with van der Waals surface area (Å²) in [5, 5.41) is 0. The fourth-order valence-corrected chi connectivity index (χ4v) is 1.85. The standard InChI is InChI=1S/C13H16BrNO3/c1-15(2)13(17)4-3-7-18-12-6-5-10(9-16)8-11(12)14/h5-6,8-9H,3-4,7H2,1-2H3. The summed E-state index contributed by atoms with van der Waals surface area (Å²) in [6.07, 6.45) is 1.92. The fraction of sp³-hybridized carbons (Fsp3) is 0.385. The summed E-state index contributed by atoms with van der Waals surface area (Å²) in [5.41, 5.74) is 0.594. The Kier molecular flexibility index (Phi) is 5.85. The Morgan fingerprint density at radius 2 is 2.17 bits per heavy atom. The van der Waals surface area contributed by atoms with Gasteiger partial charge in [-0.15, -0.1) is 0 Å². The van der Waals surface area contributed by atoms with Gasteiger partial charge in [-0.1, -0.05) is 0 Å². The van der Waals surface area contributed by atoms with Crippen molar-refractivity contribution in [2.45, 2.75) is 12.8 Å². The van der Waals surface area contributed by atoms with Crippen LogP contribution >= 0.6 is 15.9 Å². The Morgan fingerprint density at radius 1 is 1.44 bits per heavy atom. The lowest BCUT2D eigenvalue weighted by Gasteiger charge is -2.11. The number of aldehydes is 1. The third-order valence-corrected chi connectivity index (χ3v) is 3.00. The van der Waals surface area contributed by atoms with E-state index in [0.717, 1.165) is 10.8 Å². The highest BCUT2D eigenvalue weighted by molar-refractivity contribution is 9.10. The van der Waals surface area contributed by atoms with Crippen molar-refractivity contribution < 1.29 is 14.3 Å². The molecule has 0 radical (unpaired) electrons. The molecule has 1 rings (SSSR count). The zero-order chi connectivity index (χ0) is 13.5. The molecular weight excluding hydrogens is 298 g/mol. The zero-order valence-corrected chi connectivity index (χ0v) is 12.1. The second-order valence-corrected chi connectivity index (χ2v) is 4.90. The summed E-state index contributed by atoms with van der Waals surface area (Å²) in [5.74, 6) is 0.770. The maximum Gasteiger partial charge on any atom is 0.222 e. The normalized spacial score (nSPS) is 9.94. The van der Waals surface area contributed by atoms with Gasteiger partial charge in [-0.05, 0) is 40.5 Å². The van der Waals surface area contributed by atoms with Crippen LogP contribution < -0.4 is 4.74 Å². The molecule has 5 heteroatoms. The van der Waals surface area contributed by atoms with Crippen molar-refractivity contribution in [2.75, 3.05) is 20.7 Å². The Balaban J connectivity index is 2.40. The number of carbonyl (C=O) groups excluding carboxylic acids is 2. The number of benzene rings is 1. The number of ether oxygens (including phenoxy) is 1. The molecule has 1 amide bonds. The van der Waals surface area contributed by atoms with E-state index in [2.05, 4.69) is 15.9 Å². The van der Waals surface area contributed by atoms with E-state index in [-0.39, 0.29) is 5.91 Å². The monoisotopic (exact) mass is 313 g/mol. The highest BCUT2D eigenvalue weighted by atomic mass is 79.9. The molecule has 0 aliphatic rings. The van der Waals surface area contributed by atoms with Crippen LogP contribution in [0.3, 0.4) is 0 Å². The van der Waals surface area contributed by atoms with Gasteiger partial charge in [-0.3, -0.25) is 9.59 Å². The molecule has 0 aliphatic heterocycles. The molecule has 0 aliphatic carbocycles. The molecule has 0 spiro atoms. The molecule has 0 unspecified atom stereocenters. The predicted molar refractivity (Wildman–Crippen MR) is 73.0 cm³/mol. The molecular formula is C13H16BrNO3. The van der Waals surface area contributed by atoms with Crippen LogP contribution in [0.4, 0.5) is 0 Å². The van der Waals surface area contributed by atoms with Crippen molar-refractivity contribution in [3.63, 3.8) is 0 Å². The van der Waals surface area contributed by atoms with E-state index in [9.17, 15) is 9.59 Å². The summed E-state index contributed by atoms with van der Waals surface area (Å²) < 4.78 is 6.27. The Bertz CT molecular complexity index is 432. The smallest absolute Gasteiger partial charge is 0.222 e. The van der Waals surface area contributed by atoms with E-state index in [1.165, 1.54) is 0 Å². The second-order valence-electron chi connectivity index (χ2n) is 4.05. The molecule has 98 valence electrons. The van der Waals surface area contributed by atoms with Crippen molar-refractivity contribution in [1.29, 1.82) is 0 Å². The molecule has 0 saturated carbocycles. The Labute approximate surface area is 115 Å². The van der Waals surface area contributed by atoms with E-state index in [1.54, 1.807) is 37.2 Å². The van der Waals surface area contributed by atoms with Crippen molar-refractivity contribution in [1.82, 2.24) is 4.90 Å². The first-order valence-electron chi connectivity index (χ1n) is 5.62. The van der Waals surface area contributed by atoms with Gasteiger partial charge in [0.25, 0.3) is 0 Å². The first-order valence-corrected chi connectivity index (χ1v) is 6.41. The van der Waals surface area contributed by atoms with Crippen molar-refractivity contribution in [2.24, 2.45) is 0 Å². The van der Waals surface area contributed by atoms with Gasteiger partial charge in [0.15, 0.2) is 0 Å². The predicted octanol–water partition coefficient (Wildman–Crippen LogP) is 2.51. The summed E-state index contributed by atoms with van der Waals surface area (Å²) in [7, 11) is 3.47. The van der Waals surface area contributed by atoms with Crippen LogP contribution in [0, 0.1) is 0 Å². The van der Waals surface area contributed by atoms with Crippen LogP contribution in [0.5, 0.6) is 5.75 Å². The molecule has 0 heterocycles. The van der Waals surface area contributed by atoms with Crippen LogP contribution in [-0.2, 0) is 4.79 Å². The van der Waals surface area contributed by atoms with E-state index < -0.39 is 0 Å². The highest BCUT2D eigenvalue weighted by Crippen LogP contribution is 2.25. The molecule has 0 aromatic heterocycles. The second kappa shape index (κ2) is 7.16. The number of hydrogen-bond donors (Lipinski definition) is 0. The van der Waals surface area contributed by atoms with Crippen molar-refractivity contribution >= 4 is 28.1 Å². The lowest BCUT2D eigenvalue weighted by atomic mass is 10.2. The molecule has 0 bridgehead atoms. The summed E-state index contributed by atoms with van der Waals surface area (Å²) >= 11 is 3.33. The van der Waals surface area contributed by atoms with E-state index in [1.807, 2.05) is 0 Å². The molecule has 1 aromatic rings. The topological polar surface area (TPSA) is 46.6 Å². The molecule has 0 fully saturated rings. The lowest BCUT2D eigenvalue weighted by Crippen LogP contribution is -2.21. The molecule has 4 nitrogen and oxygen atoms in total. The number of hydrogen-bond acceptors (Lipinski definition) is 3. The molecule has 1 aromatic carbocycles. The number of rotatable bonds is 6. The van der Waals surface area contributed by atoms with E-state index in [0.29, 0.717) is 30.8 Å². The van der Waals surface area contributed by atoms with Gasteiger partial charge >= 0.3 is 0 Å². The van der Waals surface area contributed by atoms with Gasteiger partial charge in [0.05, 0.1) is 11.1 Å². The largest absolute Gasteiger partial charge is 0.492 e. The van der Waals surface area contributed by atoms with Crippen LogP contribution in [0.2, 0.25) is 0 Å². The number of amides is 1. The Morgan fingerprint density at radius 3 is 2.72 bits per heavy atom. The first kappa shape index (κ1) is 14.7. The van der Waals surface area contributed by atoms with Crippen LogP contribution in [0.25, 0.3) is 0 Å². The average Bonchev–Trinajstić information content (AvgIpc) is 2.35. The first-order chi connectivity index (χ1) is 8.54. The zero-order valence-electron chi connectivity index (χ0n) is 10.5. The summed E-state index contributed by atoms with van der Waals surface area (Å²) in [6.45, 7) is 0.471. The number of halogens is 1. The minimum atomic E-state index is 0.0916. The minimum Gasteiger partial charge on any atom is -0.492 e. The summed E-state index contributed by atoms with van der Waals surface area (Å²) in [6, 6.07) is 5.13. The van der Waals surface area contributed by atoms with Gasteiger partial charge in [-0.25, -0.2) is 0 Å². The van der Waals surface area contributed by atoms with Gasteiger partial charge in [0.2, 0.25) is 5.91 Å². The maximum absolute atomic E-state index is 11.3. The minimum absolute atomic E-state index is 0.0916. The fourth-order valence-electron chi connectivity index (χ4n) is 1.34. The Hall–Kier alpha value is -1.36. The molecule has 0 saturated heterocycles. The summed E-state index contributed by atoms with van der Waals surface area (Å²) in [4.78, 5) is 23.5. The van der Waals surface area contributed by atoms with E-state index >= 15 is 0 Å².